The van der Waals surface area contributed by atoms with Crippen LogP contribution in [-0.4, -0.2) is 16.3 Å². The lowest BCUT2D eigenvalue weighted by Crippen LogP contribution is -2.13. The van der Waals surface area contributed by atoms with Crippen LogP contribution in [0.1, 0.15) is 23.6 Å². The fourth-order valence-corrected chi connectivity index (χ4v) is 2.81. The lowest BCUT2D eigenvalue weighted by Gasteiger charge is -2.12. The summed E-state index contributed by atoms with van der Waals surface area (Å²) in [5.41, 5.74) is 3.47. The Morgan fingerprint density at radius 2 is 1.95 bits per heavy atom. The smallest absolute Gasteiger partial charge is 0.169 e. The molecule has 2 aromatic carbocycles. The maximum absolute atomic E-state index is 10.4. The van der Waals surface area contributed by atoms with Gasteiger partial charge >= 0.3 is 0 Å². The van der Waals surface area contributed by atoms with Gasteiger partial charge in [0, 0.05) is 17.5 Å². The van der Waals surface area contributed by atoms with Crippen LogP contribution in [0.25, 0.3) is 0 Å². The summed E-state index contributed by atoms with van der Waals surface area (Å²) in [6.07, 6.45) is 1.84. The molecule has 0 fully saturated rings. The second kappa shape index (κ2) is 5.76. The summed E-state index contributed by atoms with van der Waals surface area (Å²) >= 11 is 0. The van der Waals surface area contributed by atoms with Crippen molar-refractivity contribution in [1.82, 2.24) is 0 Å². The molecule has 3 nitrogen and oxygen atoms in total. The molecule has 114 valence electrons. The Hall–Kier alpha value is -2.42. The zero-order valence-electron chi connectivity index (χ0n) is 12.7. The minimum absolute atomic E-state index is 0.146. The van der Waals surface area contributed by atoms with Crippen molar-refractivity contribution in [3.8, 4) is 17.2 Å². The van der Waals surface area contributed by atoms with Gasteiger partial charge in [-0.2, -0.15) is 0 Å². The van der Waals surface area contributed by atoms with Gasteiger partial charge in [0.25, 0.3) is 0 Å². The van der Waals surface area contributed by atoms with E-state index in [0.29, 0.717) is 29.7 Å². The first-order valence-corrected chi connectivity index (χ1v) is 7.49. The molecular formula is C19H20O3. The summed E-state index contributed by atoms with van der Waals surface area (Å²) in [6.45, 7) is 5.78. The van der Waals surface area contributed by atoms with Crippen LogP contribution in [0.2, 0.25) is 0 Å². The highest BCUT2D eigenvalue weighted by molar-refractivity contribution is 5.60. The number of phenols is 2. The van der Waals surface area contributed by atoms with E-state index < -0.39 is 0 Å². The van der Waals surface area contributed by atoms with E-state index in [9.17, 15) is 10.2 Å². The molecule has 0 aromatic heterocycles. The fraction of sp³-hybridized carbons (Fsp3) is 0.263. The summed E-state index contributed by atoms with van der Waals surface area (Å²) in [5.74, 6) is 0.753. The van der Waals surface area contributed by atoms with Gasteiger partial charge in [-0.3, -0.25) is 0 Å². The van der Waals surface area contributed by atoms with Crippen LogP contribution >= 0.6 is 0 Å². The summed E-state index contributed by atoms with van der Waals surface area (Å²) in [5, 5.41) is 20.7. The van der Waals surface area contributed by atoms with Gasteiger partial charge in [0.1, 0.15) is 11.9 Å². The molecule has 1 atom stereocenters. The lowest BCUT2D eigenvalue weighted by molar-refractivity contribution is 0.259. The van der Waals surface area contributed by atoms with Gasteiger partial charge in [-0.25, -0.2) is 0 Å². The van der Waals surface area contributed by atoms with Gasteiger partial charge < -0.3 is 14.9 Å². The minimum atomic E-state index is -0.170. The maximum atomic E-state index is 10.4. The number of aryl methyl sites for hydroxylation is 2. The Morgan fingerprint density at radius 1 is 1.23 bits per heavy atom. The number of benzene rings is 2. The molecule has 3 heteroatoms. The van der Waals surface area contributed by atoms with Crippen LogP contribution in [0.5, 0.6) is 17.2 Å². The molecule has 0 radical (unpaired) electrons. The molecule has 22 heavy (non-hydrogen) atoms. The molecule has 2 aromatic rings. The number of rotatable bonds is 4. The van der Waals surface area contributed by atoms with Crippen LogP contribution in [0.15, 0.2) is 48.6 Å². The second-order valence-electron chi connectivity index (χ2n) is 5.85. The van der Waals surface area contributed by atoms with E-state index in [0.717, 1.165) is 12.0 Å². The van der Waals surface area contributed by atoms with Crippen LogP contribution in [-0.2, 0) is 19.3 Å². The van der Waals surface area contributed by atoms with Crippen molar-refractivity contribution >= 4 is 0 Å². The van der Waals surface area contributed by atoms with Crippen molar-refractivity contribution < 1.29 is 14.9 Å². The molecule has 0 saturated heterocycles. The average molecular weight is 296 g/mol. The van der Waals surface area contributed by atoms with E-state index in [1.165, 1.54) is 5.56 Å². The molecule has 3 rings (SSSR count). The van der Waals surface area contributed by atoms with Crippen molar-refractivity contribution in [3.05, 3.63) is 65.2 Å². The van der Waals surface area contributed by atoms with Gasteiger partial charge in [-0.15, -0.1) is 0 Å². The van der Waals surface area contributed by atoms with Crippen LogP contribution in [0.3, 0.4) is 0 Å². The molecule has 0 bridgehead atoms. The monoisotopic (exact) mass is 296 g/mol. The second-order valence-corrected chi connectivity index (χ2v) is 5.85. The first-order valence-electron chi connectivity index (χ1n) is 7.49. The quantitative estimate of drug-likeness (QED) is 0.667. The number of aromatic hydroxyl groups is 2. The highest BCUT2D eigenvalue weighted by Gasteiger charge is 2.30. The molecule has 0 saturated carbocycles. The van der Waals surface area contributed by atoms with Crippen LogP contribution in [0, 0.1) is 0 Å². The molecule has 0 unspecified atom stereocenters. The minimum Gasteiger partial charge on any atom is -0.508 e. The van der Waals surface area contributed by atoms with Gasteiger partial charge in [0.2, 0.25) is 0 Å². The van der Waals surface area contributed by atoms with Gasteiger partial charge in [0.15, 0.2) is 11.5 Å². The van der Waals surface area contributed by atoms with Crippen LogP contribution < -0.4 is 4.74 Å². The van der Waals surface area contributed by atoms with Crippen molar-refractivity contribution in [1.29, 1.82) is 0 Å². The highest BCUT2D eigenvalue weighted by atomic mass is 16.5. The molecule has 0 spiro atoms. The maximum Gasteiger partial charge on any atom is 0.169 e. The van der Waals surface area contributed by atoms with Crippen molar-refractivity contribution in [2.24, 2.45) is 0 Å². The largest absolute Gasteiger partial charge is 0.508 e. The molecule has 1 heterocycles. The zero-order valence-corrected chi connectivity index (χ0v) is 12.7. The number of hydrogen-bond donors (Lipinski definition) is 2. The van der Waals surface area contributed by atoms with Crippen molar-refractivity contribution in [3.63, 3.8) is 0 Å². The summed E-state index contributed by atoms with van der Waals surface area (Å²) in [7, 11) is 0. The molecule has 0 aliphatic carbocycles. The Balaban J connectivity index is 1.84. The Kier molecular flexibility index (Phi) is 3.80. The first kappa shape index (κ1) is 14.5. The topological polar surface area (TPSA) is 49.7 Å². The van der Waals surface area contributed by atoms with E-state index in [4.69, 9.17) is 4.74 Å². The number of hydrogen-bond acceptors (Lipinski definition) is 3. The van der Waals surface area contributed by atoms with E-state index in [1.54, 1.807) is 6.07 Å². The predicted octanol–water partition coefficient (Wildman–Crippen LogP) is 3.76. The Labute approximate surface area is 130 Å². The summed E-state index contributed by atoms with van der Waals surface area (Å²) < 4.78 is 5.76. The molecular weight excluding hydrogens is 276 g/mol. The van der Waals surface area contributed by atoms with Crippen molar-refractivity contribution in [2.45, 2.75) is 32.3 Å². The molecule has 1 aliphatic rings. The first-order chi connectivity index (χ1) is 10.6. The molecule has 1 aliphatic heterocycles. The number of fused-ring (bicyclic) bond motifs is 1. The van der Waals surface area contributed by atoms with E-state index in [-0.39, 0.29) is 17.6 Å². The van der Waals surface area contributed by atoms with Crippen molar-refractivity contribution in [2.75, 3.05) is 0 Å². The van der Waals surface area contributed by atoms with Gasteiger partial charge in [-0.05, 0) is 37.0 Å². The van der Waals surface area contributed by atoms with Gasteiger partial charge in [0.05, 0.1) is 0 Å². The number of ether oxygens (including phenoxy) is 1. The third-order valence-corrected chi connectivity index (χ3v) is 4.14. The summed E-state index contributed by atoms with van der Waals surface area (Å²) in [4.78, 5) is 0. The normalized spacial score (nSPS) is 16.1. The van der Waals surface area contributed by atoms with E-state index in [2.05, 4.69) is 18.7 Å². The standard InChI is InChI=1S/C19H20O3/c1-12(2)17-11-15-16(20)10-14(18(21)19(15)22-17)9-8-13-6-4-3-5-7-13/h3-7,10,17,20-21H,1,8-9,11H2,2H3/t17-/m1/s1. The van der Waals surface area contributed by atoms with Gasteiger partial charge in [-0.1, -0.05) is 36.9 Å². The SMILES string of the molecule is C=C(C)[C@H]1Cc2c(O)cc(CCc3ccccc3)c(O)c2O1. The third-order valence-electron chi connectivity index (χ3n) is 4.14. The molecule has 2 N–H and O–H groups in total. The summed E-state index contributed by atoms with van der Waals surface area (Å²) in [6, 6.07) is 11.7. The number of phenolic OH excluding ortho intramolecular Hbond substituents is 2. The highest BCUT2D eigenvalue weighted by Crippen LogP contribution is 2.46. The third kappa shape index (κ3) is 2.67. The molecule has 0 amide bonds. The zero-order chi connectivity index (χ0) is 15.7. The average Bonchev–Trinajstić information content (AvgIpc) is 2.97. The van der Waals surface area contributed by atoms with E-state index in [1.807, 2.05) is 25.1 Å². The lowest BCUT2D eigenvalue weighted by atomic mass is 9.99. The Morgan fingerprint density at radius 3 is 2.64 bits per heavy atom. The predicted molar refractivity (Wildman–Crippen MR) is 86.6 cm³/mol. The van der Waals surface area contributed by atoms with Crippen LogP contribution in [0.4, 0.5) is 0 Å². The Bertz CT molecular complexity index is 704. The van der Waals surface area contributed by atoms with E-state index >= 15 is 0 Å². The fourth-order valence-electron chi connectivity index (χ4n) is 2.81.